The van der Waals surface area contributed by atoms with E-state index >= 15 is 0 Å². The molecule has 0 atom stereocenters. The van der Waals surface area contributed by atoms with Crippen LogP contribution < -0.4 is 15.2 Å². The average Bonchev–Trinajstić information content (AvgIpc) is 2.88. The molecule has 21 heavy (non-hydrogen) atoms. The van der Waals surface area contributed by atoms with Gasteiger partial charge in [0.25, 0.3) is 0 Å². The number of nitrogens with zero attached hydrogens (tertiary/aromatic N) is 1. The van der Waals surface area contributed by atoms with Crippen LogP contribution in [0.1, 0.15) is 24.4 Å². The molecule has 0 aliphatic rings. The molecule has 0 aliphatic carbocycles. The van der Waals surface area contributed by atoms with Crippen LogP contribution in [-0.4, -0.2) is 19.2 Å². The van der Waals surface area contributed by atoms with Gasteiger partial charge >= 0.3 is 0 Å². The van der Waals surface area contributed by atoms with Crippen molar-refractivity contribution in [1.29, 1.82) is 0 Å². The normalized spacial score (nSPS) is 11.0. The third kappa shape index (κ3) is 3.74. The first kappa shape index (κ1) is 15.8. The summed E-state index contributed by atoms with van der Waals surface area (Å²) >= 11 is 1.65. The van der Waals surface area contributed by atoms with E-state index in [2.05, 4.69) is 13.8 Å². The van der Waals surface area contributed by atoms with E-state index < -0.39 is 0 Å². The Balaban J connectivity index is 2.43. The van der Waals surface area contributed by atoms with Crippen LogP contribution in [-0.2, 0) is 13.0 Å². The Hall–Kier alpha value is -1.59. The van der Waals surface area contributed by atoms with Crippen LogP contribution in [0, 0.1) is 5.92 Å². The molecule has 1 aromatic carbocycles. The van der Waals surface area contributed by atoms with Gasteiger partial charge in [0.15, 0.2) is 0 Å². The van der Waals surface area contributed by atoms with Crippen molar-refractivity contribution in [1.82, 2.24) is 4.98 Å². The van der Waals surface area contributed by atoms with Crippen molar-refractivity contribution in [2.75, 3.05) is 14.2 Å². The molecule has 0 bridgehead atoms. The molecule has 2 N–H and O–H groups in total. The largest absolute Gasteiger partial charge is 0.497 e. The first-order chi connectivity index (χ1) is 10.1. The second-order valence-corrected chi connectivity index (χ2v) is 6.38. The molecule has 0 spiro atoms. The zero-order valence-electron chi connectivity index (χ0n) is 13.0. The van der Waals surface area contributed by atoms with Crippen LogP contribution in [0.2, 0.25) is 0 Å². The van der Waals surface area contributed by atoms with E-state index in [0.717, 1.165) is 39.1 Å². The molecule has 0 aliphatic heterocycles. The quantitative estimate of drug-likeness (QED) is 0.887. The van der Waals surface area contributed by atoms with Gasteiger partial charge in [-0.2, -0.15) is 0 Å². The Morgan fingerprint density at radius 2 is 1.76 bits per heavy atom. The Morgan fingerprint density at radius 1 is 1.14 bits per heavy atom. The number of hydrogen-bond acceptors (Lipinski definition) is 5. The molecule has 5 heteroatoms. The van der Waals surface area contributed by atoms with Crippen LogP contribution in [0.4, 0.5) is 0 Å². The minimum Gasteiger partial charge on any atom is -0.497 e. The number of rotatable bonds is 6. The predicted molar refractivity (Wildman–Crippen MR) is 87.1 cm³/mol. The van der Waals surface area contributed by atoms with Crippen molar-refractivity contribution < 1.29 is 9.47 Å². The molecule has 1 aromatic heterocycles. The second kappa shape index (κ2) is 6.91. The summed E-state index contributed by atoms with van der Waals surface area (Å²) in [5, 5.41) is 0.961. The van der Waals surface area contributed by atoms with Gasteiger partial charge in [0.05, 0.1) is 19.9 Å². The summed E-state index contributed by atoms with van der Waals surface area (Å²) in [6.07, 6.45) is 0.949. The summed E-state index contributed by atoms with van der Waals surface area (Å²) in [5.41, 5.74) is 7.96. The lowest BCUT2D eigenvalue weighted by molar-refractivity contribution is 0.394. The first-order valence-corrected chi connectivity index (χ1v) is 7.81. The summed E-state index contributed by atoms with van der Waals surface area (Å²) in [4.78, 5) is 5.92. The fourth-order valence-electron chi connectivity index (χ4n) is 2.14. The molecular weight excluding hydrogens is 284 g/mol. The summed E-state index contributed by atoms with van der Waals surface area (Å²) in [7, 11) is 3.30. The molecule has 0 fully saturated rings. The average molecular weight is 306 g/mol. The Labute approximate surface area is 129 Å². The molecule has 114 valence electrons. The molecule has 0 unspecified atom stereocenters. The molecular formula is C16H22N2O2S. The van der Waals surface area contributed by atoms with Crippen molar-refractivity contribution in [2.24, 2.45) is 11.7 Å². The van der Waals surface area contributed by atoms with E-state index in [1.165, 1.54) is 0 Å². The molecule has 0 amide bonds. The van der Waals surface area contributed by atoms with Crippen LogP contribution in [0.15, 0.2) is 18.2 Å². The lowest BCUT2D eigenvalue weighted by atomic mass is 10.1. The van der Waals surface area contributed by atoms with Gasteiger partial charge < -0.3 is 15.2 Å². The number of thiazole rings is 1. The standard InChI is InChI=1S/C16H22N2O2S/c1-10(2)5-14-15(9-17)21-16(18-14)11-6-12(19-3)8-13(7-11)20-4/h6-8,10H,5,9,17H2,1-4H3. The molecule has 0 radical (unpaired) electrons. The second-order valence-electron chi connectivity index (χ2n) is 5.29. The third-order valence-corrected chi connectivity index (χ3v) is 4.33. The molecule has 0 saturated carbocycles. The number of nitrogens with two attached hydrogens (primary N) is 1. The lowest BCUT2D eigenvalue weighted by Gasteiger charge is -2.06. The summed E-state index contributed by atoms with van der Waals surface area (Å²) < 4.78 is 10.6. The maximum atomic E-state index is 5.85. The zero-order chi connectivity index (χ0) is 15.4. The molecule has 1 heterocycles. The van der Waals surface area contributed by atoms with Crippen LogP contribution in [0.5, 0.6) is 11.5 Å². The molecule has 0 saturated heterocycles. The molecule has 2 aromatic rings. The van der Waals surface area contributed by atoms with E-state index in [-0.39, 0.29) is 0 Å². The summed E-state index contributed by atoms with van der Waals surface area (Å²) in [6, 6.07) is 5.80. The Morgan fingerprint density at radius 3 is 2.24 bits per heavy atom. The minimum absolute atomic E-state index is 0.529. The van der Waals surface area contributed by atoms with Crippen molar-refractivity contribution in [3.8, 4) is 22.1 Å². The van der Waals surface area contributed by atoms with Gasteiger partial charge in [-0.3, -0.25) is 0 Å². The number of aromatic nitrogens is 1. The van der Waals surface area contributed by atoms with E-state index in [1.54, 1.807) is 25.6 Å². The van der Waals surface area contributed by atoms with E-state index in [0.29, 0.717) is 12.5 Å². The van der Waals surface area contributed by atoms with Gasteiger partial charge in [0.1, 0.15) is 16.5 Å². The van der Waals surface area contributed by atoms with Gasteiger partial charge in [0, 0.05) is 23.1 Å². The van der Waals surface area contributed by atoms with Crippen LogP contribution in [0.3, 0.4) is 0 Å². The van der Waals surface area contributed by atoms with Crippen LogP contribution >= 0.6 is 11.3 Å². The SMILES string of the molecule is COc1cc(OC)cc(-c2nc(CC(C)C)c(CN)s2)c1. The fraction of sp³-hybridized carbons (Fsp3) is 0.438. The van der Waals surface area contributed by atoms with Crippen molar-refractivity contribution in [3.05, 3.63) is 28.8 Å². The minimum atomic E-state index is 0.529. The highest BCUT2D eigenvalue weighted by Crippen LogP contribution is 2.34. The van der Waals surface area contributed by atoms with Gasteiger partial charge in [0.2, 0.25) is 0 Å². The molecule has 4 nitrogen and oxygen atoms in total. The van der Waals surface area contributed by atoms with Gasteiger partial charge in [-0.1, -0.05) is 13.8 Å². The monoisotopic (exact) mass is 306 g/mol. The molecule has 2 rings (SSSR count). The zero-order valence-corrected chi connectivity index (χ0v) is 13.8. The third-order valence-electron chi connectivity index (χ3n) is 3.16. The highest BCUT2D eigenvalue weighted by Gasteiger charge is 2.14. The van der Waals surface area contributed by atoms with E-state index in [4.69, 9.17) is 20.2 Å². The van der Waals surface area contributed by atoms with Crippen molar-refractivity contribution in [3.63, 3.8) is 0 Å². The predicted octanol–water partition coefficient (Wildman–Crippen LogP) is 3.48. The maximum absolute atomic E-state index is 5.85. The van der Waals surface area contributed by atoms with Crippen molar-refractivity contribution in [2.45, 2.75) is 26.8 Å². The number of benzene rings is 1. The van der Waals surface area contributed by atoms with Gasteiger partial charge in [-0.05, 0) is 24.5 Å². The van der Waals surface area contributed by atoms with Crippen LogP contribution in [0.25, 0.3) is 10.6 Å². The smallest absolute Gasteiger partial charge is 0.124 e. The first-order valence-electron chi connectivity index (χ1n) is 6.99. The maximum Gasteiger partial charge on any atom is 0.124 e. The Kier molecular flexibility index (Phi) is 5.20. The Bertz CT molecular complexity index is 586. The number of hydrogen-bond donors (Lipinski definition) is 1. The van der Waals surface area contributed by atoms with Gasteiger partial charge in [-0.15, -0.1) is 11.3 Å². The number of methoxy groups -OCH3 is 2. The van der Waals surface area contributed by atoms with Gasteiger partial charge in [-0.25, -0.2) is 4.98 Å². The highest BCUT2D eigenvalue weighted by molar-refractivity contribution is 7.15. The summed E-state index contributed by atoms with van der Waals surface area (Å²) in [6.45, 7) is 4.91. The van der Waals surface area contributed by atoms with Crippen molar-refractivity contribution >= 4 is 11.3 Å². The fourth-order valence-corrected chi connectivity index (χ4v) is 3.10. The lowest BCUT2D eigenvalue weighted by Crippen LogP contribution is -2.01. The van der Waals surface area contributed by atoms with E-state index in [1.807, 2.05) is 18.2 Å². The topological polar surface area (TPSA) is 57.4 Å². The highest BCUT2D eigenvalue weighted by atomic mass is 32.1. The number of ether oxygens (including phenoxy) is 2. The summed E-state index contributed by atoms with van der Waals surface area (Å²) in [5.74, 6) is 2.09. The van der Waals surface area contributed by atoms with E-state index in [9.17, 15) is 0 Å².